The van der Waals surface area contributed by atoms with Gasteiger partial charge in [-0.25, -0.2) is 0 Å². The van der Waals surface area contributed by atoms with Crippen LogP contribution < -0.4 is 10.9 Å². The summed E-state index contributed by atoms with van der Waals surface area (Å²) in [5.41, 5.74) is 5.88. The number of alkyl halides is 1. The van der Waals surface area contributed by atoms with Crippen LogP contribution in [0.3, 0.4) is 0 Å². The number of rotatable bonds is 2. The van der Waals surface area contributed by atoms with Crippen molar-refractivity contribution in [2.75, 3.05) is 0 Å². The van der Waals surface area contributed by atoms with Crippen molar-refractivity contribution in [2.24, 2.45) is 0 Å². The van der Waals surface area contributed by atoms with Crippen LogP contribution >= 0.6 is 11.6 Å². The second kappa shape index (κ2) is 5.36. The Morgan fingerprint density at radius 3 is 2.27 bits per heavy atom. The number of carbonyl (C=O) groups excluding carboxylic acids is 2. The molecule has 4 nitrogen and oxygen atoms in total. The number of hydrazine groups is 1. The van der Waals surface area contributed by atoms with Gasteiger partial charge < -0.3 is 0 Å². The SMILES string of the molecule is CC(=O)NNC(=O)c1ccc(CCl)cc1. The van der Waals surface area contributed by atoms with E-state index in [0.717, 1.165) is 5.56 Å². The average Bonchev–Trinajstić information content (AvgIpc) is 2.26. The molecule has 0 saturated carbocycles. The Bertz CT molecular complexity index is 362. The highest BCUT2D eigenvalue weighted by Gasteiger charge is 2.04. The molecular weight excluding hydrogens is 216 g/mol. The molecule has 5 heteroatoms. The van der Waals surface area contributed by atoms with Crippen molar-refractivity contribution in [2.45, 2.75) is 12.8 Å². The second-order valence-electron chi connectivity index (χ2n) is 2.97. The van der Waals surface area contributed by atoms with E-state index in [1.807, 2.05) is 0 Å². The lowest BCUT2D eigenvalue weighted by Gasteiger charge is -2.05. The van der Waals surface area contributed by atoms with Gasteiger partial charge in [-0.2, -0.15) is 0 Å². The first-order valence-corrected chi connectivity index (χ1v) is 4.88. The molecule has 0 unspecified atom stereocenters. The number of hydrogen-bond acceptors (Lipinski definition) is 2. The molecule has 0 heterocycles. The van der Waals surface area contributed by atoms with Crippen LogP contribution in [0, 0.1) is 0 Å². The fraction of sp³-hybridized carbons (Fsp3) is 0.200. The van der Waals surface area contributed by atoms with Crippen molar-refractivity contribution >= 4 is 23.4 Å². The van der Waals surface area contributed by atoms with Crippen LogP contribution in [0.25, 0.3) is 0 Å². The molecule has 0 aromatic heterocycles. The van der Waals surface area contributed by atoms with E-state index in [1.165, 1.54) is 6.92 Å². The largest absolute Gasteiger partial charge is 0.274 e. The smallest absolute Gasteiger partial charge is 0.269 e. The van der Waals surface area contributed by atoms with E-state index in [4.69, 9.17) is 11.6 Å². The first-order chi connectivity index (χ1) is 7.13. The molecule has 0 atom stereocenters. The van der Waals surface area contributed by atoms with Crippen LogP contribution in [0.2, 0.25) is 0 Å². The van der Waals surface area contributed by atoms with Crippen LogP contribution in [0.4, 0.5) is 0 Å². The van der Waals surface area contributed by atoms with Gasteiger partial charge in [0.1, 0.15) is 0 Å². The highest BCUT2D eigenvalue weighted by molar-refractivity contribution is 6.17. The molecule has 2 amide bonds. The van der Waals surface area contributed by atoms with Gasteiger partial charge >= 0.3 is 0 Å². The van der Waals surface area contributed by atoms with E-state index >= 15 is 0 Å². The predicted octanol–water partition coefficient (Wildman–Crippen LogP) is 1.21. The van der Waals surface area contributed by atoms with Crippen molar-refractivity contribution in [1.29, 1.82) is 0 Å². The third kappa shape index (κ3) is 3.59. The van der Waals surface area contributed by atoms with Crippen LogP contribution in [0.1, 0.15) is 22.8 Å². The third-order valence-corrected chi connectivity index (χ3v) is 2.03. The Balaban J connectivity index is 2.62. The van der Waals surface area contributed by atoms with E-state index in [0.29, 0.717) is 11.4 Å². The van der Waals surface area contributed by atoms with Crippen molar-refractivity contribution < 1.29 is 9.59 Å². The maximum absolute atomic E-state index is 11.4. The Morgan fingerprint density at radius 2 is 1.80 bits per heavy atom. The monoisotopic (exact) mass is 226 g/mol. The number of benzene rings is 1. The lowest BCUT2D eigenvalue weighted by molar-refractivity contribution is -0.119. The Labute approximate surface area is 92.6 Å². The van der Waals surface area contributed by atoms with Gasteiger partial charge in [-0.1, -0.05) is 12.1 Å². The van der Waals surface area contributed by atoms with E-state index < -0.39 is 0 Å². The fourth-order valence-electron chi connectivity index (χ4n) is 0.962. The molecule has 0 aliphatic carbocycles. The topological polar surface area (TPSA) is 58.2 Å². The number of hydrogen-bond donors (Lipinski definition) is 2. The molecule has 15 heavy (non-hydrogen) atoms. The molecule has 0 radical (unpaired) electrons. The molecule has 0 spiro atoms. The first-order valence-electron chi connectivity index (χ1n) is 4.35. The summed E-state index contributed by atoms with van der Waals surface area (Å²) < 4.78 is 0. The molecule has 2 N–H and O–H groups in total. The predicted molar refractivity (Wildman–Crippen MR) is 57.3 cm³/mol. The van der Waals surface area contributed by atoms with E-state index in [1.54, 1.807) is 24.3 Å². The average molecular weight is 227 g/mol. The summed E-state index contributed by atoms with van der Waals surface area (Å²) in [5, 5.41) is 0. The molecule has 80 valence electrons. The minimum atomic E-state index is -0.355. The van der Waals surface area contributed by atoms with Crippen molar-refractivity contribution in [3.63, 3.8) is 0 Å². The highest BCUT2D eigenvalue weighted by atomic mass is 35.5. The van der Waals surface area contributed by atoms with Crippen molar-refractivity contribution in [1.82, 2.24) is 10.9 Å². The van der Waals surface area contributed by atoms with Crippen LogP contribution in [-0.2, 0) is 10.7 Å². The maximum atomic E-state index is 11.4. The number of nitrogens with one attached hydrogen (secondary N) is 2. The minimum Gasteiger partial charge on any atom is -0.274 e. The summed E-state index contributed by atoms with van der Waals surface area (Å²) in [6.45, 7) is 1.32. The van der Waals surface area contributed by atoms with Gasteiger partial charge in [0, 0.05) is 18.4 Å². The van der Waals surface area contributed by atoms with Gasteiger partial charge in [0.2, 0.25) is 5.91 Å². The lowest BCUT2D eigenvalue weighted by atomic mass is 10.1. The van der Waals surface area contributed by atoms with Crippen LogP contribution in [-0.4, -0.2) is 11.8 Å². The standard InChI is InChI=1S/C10H11ClN2O2/c1-7(14)12-13-10(15)9-4-2-8(6-11)3-5-9/h2-5H,6H2,1H3,(H,12,14)(H,13,15). The van der Waals surface area contributed by atoms with Gasteiger partial charge in [0.05, 0.1) is 0 Å². The quantitative estimate of drug-likeness (QED) is 0.588. The molecule has 1 aromatic carbocycles. The zero-order chi connectivity index (χ0) is 11.3. The molecule has 1 rings (SSSR count). The van der Waals surface area contributed by atoms with Crippen LogP contribution in [0.5, 0.6) is 0 Å². The zero-order valence-electron chi connectivity index (χ0n) is 8.21. The first kappa shape index (κ1) is 11.5. The third-order valence-electron chi connectivity index (χ3n) is 1.72. The summed E-state index contributed by atoms with van der Waals surface area (Å²) in [4.78, 5) is 21.9. The van der Waals surface area contributed by atoms with Gasteiger partial charge in [-0.3, -0.25) is 20.4 Å². The zero-order valence-corrected chi connectivity index (χ0v) is 8.97. The van der Waals surface area contributed by atoms with E-state index in [9.17, 15) is 9.59 Å². The van der Waals surface area contributed by atoms with Crippen molar-refractivity contribution in [3.8, 4) is 0 Å². The maximum Gasteiger partial charge on any atom is 0.269 e. The summed E-state index contributed by atoms with van der Waals surface area (Å²) in [5.74, 6) is -0.264. The number of amides is 2. The fourth-order valence-corrected chi connectivity index (χ4v) is 1.14. The summed E-state index contributed by atoms with van der Waals surface area (Å²) in [6.07, 6.45) is 0. The Hall–Kier alpha value is -1.55. The van der Waals surface area contributed by atoms with E-state index in [2.05, 4.69) is 10.9 Å². The summed E-state index contributed by atoms with van der Waals surface area (Å²) in [6, 6.07) is 6.81. The summed E-state index contributed by atoms with van der Waals surface area (Å²) in [7, 11) is 0. The Morgan fingerprint density at radius 1 is 1.20 bits per heavy atom. The number of carbonyl (C=O) groups is 2. The molecule has 1 aromatic rings. The minimum absolute atomic E-state index is 0.319. The molecule has 0 fully saturated rings. The summed E-state index contributed by atoms with van der Waals surface area (Å²) >= 11 is 5.60. The van der Waals surface area contributed by atoms with Crippen molar-refractivity contribution in [3.05, 3.63) is 35.4 Å². The molecule has 0 saturated heterocycles. The van der Waals surface area contributed by atoms with Crippen LogP contribution in [0.15, 0.2) is 24.3 Å². The van der Waals surface area contributed by atoms with Gasteiger partial charge in [-0.05, 0) is 17.7 Å². The number of halogens is 1. The second-order valence-corrected chi connectivity index (χ2v) is 3.23. The normalized spacial score (nSPS) is 9.47. The molecule has 0 bridgehead atoms. The van der Waals surface area contributed by atoms with Gasteiger partial charge in [0.15, 0.2) is 0 Å². The van der Waals surface area contributed by atoms with Gasteiger partial charge in [0.25, 0.3) is 5.91 Å². The van der Waals surface area contributed by atoms with E-state index in [-0.39, 0.29) is 11.8 Å². The molecule has 0 aliphatic rings. The molecular formula is C10H11ClN2O2. The Kier molecular flexibility index (Phi) is 4.12. The molecule has 0 aliphatic heterocycles. The lowest BCUT2D eigenvalue weighted by Crippen LogP contribution is -2.40. The highest BCUT2D eigenvalue weighted by Crippen LogP contribution is 2.06. The van der Waals surface area contributed by atoms with Gasteiger partial charge in [-0.15, -0.1) is 11.6 Å².